The average molecular weight is 724 g/mol. The highest BCUT2D eigenvalue weighted by Crippen LogP contribution is 2.49. The molecule has 0 amide bonds. The van der Waals surface area contributed by atoms with Crippen LogP contribution in [-0.2, 0) is 48.0 Å². The zero-order valence-corrected chi connectivity index (χ0v) is 29.7. The fraction of sp³-hybridized carbons (Fsp3) is 0.457. The van der Waals surface area contributed by atoms with E-state index in [0.29, 0.717) is 16.6 Å². The van der Waals surface area contributed by atoms with Gasteiger partial charge in [-0.3, -0.25) is 18.9 Å². The number of fused-ring (bicyclic) bond motifs is 2. The first-order valence-corrected chi connectivity index (χ1v) is 18.4. The Morgan fingerprint density at radius 1 is 1.02 bits per heavy atom. The predicted octanol–water partition coefficient (Wildman–Crippen LogP) is 5.00. The van der Waals surface area contributed by atoms with Gasteiger partial charge in [0.05, 0.1) is 12.3 Å². The molecule has 1 aliphatic carbocycles. The summed E-state index contributed by atoms with van der Waals surface area (Å²) in [5.41, 5.74) is 5.47. The number of carbonyl (C=O) groups excluding carboxylic acids is 3. The zero-order valence-electron chi connectivity index (χ0n) is 28.9. The van der Waals surface area contributed by atoms with E-state index >= 15 is 0 Å². The normalized spacial score (nSPS) is 24.1. The van der Waals surface area contributed by atoms with E-state index in [-0.39, 0.29) is 17.7 Å². The van der Waals surface area contributed by atoms with Crippen molar-refractivity contribution in [2.24, 2.45) is 0 Å². The zero-order chi connectivity index (χ0) is 36.3. The molecule has 2 aromatic heterocycles. The summed E-state index contributed by atoms with van der Waals surface area (Å²) < 4.78 is 52.1. The van der Waals surface area contributed by atoms with Crippen molar-refractivity contribution in [2.75, 3.05) is 12.3 Å². The molecule has 1 unspecified atom stereocenters. The van der Waals surface area contributed by atoms with Crippen molar-refractivity contribution >= 4 is 47.8 Å². The molecule has 2 aliphatic rings. The van der Waals surface area contributed by atoms with Crippen LogP contribution in [0.15, 0.2) is 60.9 Å². The van der Waals surface area contributed by atoms with Gasteiger partial charge in [0.25, 0.3) is 0 Å². The van der Waals surface area contributed by atoms with Crippen molar-refractivity contribution in [1.82, 2.24) is 19.7 Å². The molecule has 4 aromatic rings. The second-order valence-corrected chi connectivity index (χ2v) is 14.6. The van der Waals surface area contributed by atoms with Crippen LogP contribution in [0.5, 0.6) is 5.75 Å². The van der Waals surface area contributed by atoms with E-state index in [1.807, 2.05) is 24.3 Å². The lowest BCUT2D eigenvalue weighted by atomic mass is 9.92. The molecule has 1 aliphatic heterocycles. The Kier molecular flexibility index (Phi) is 10.6. The first kappa shape index (κ1) is 36.2. The van der Waals surface area contributed by atoms with Gasteiger partial charge >= 0.3 is 25.7 Å². The standard InChI is InChI=1S/C35H42N5O10P/c1-21(34(43)48-25-13-6-5-7-14-25)39-51(44,50-28-16-10-12-24-11-8-9-15-26(24)28)45-19-29-31(46-22(2)41)32(47-23(3)42)35(4,49-29)30-18-17-27-33(36)37-20-38-40(27)30/h8-12,15-18,20-21,25,29,31-32H,5-7,13-14,19H2,1-4H3,(H,39,44)(H2,36,37,38)/t21-,29+,31+,32+,35-,51?/m0/s1. The molecule has 3 N–H and O–H groups in total. The third-order valence-corrected chi connectivity index (χ3v) is 10.7. The van der Waals surface area contributed by atoms with Gasteiger partial charge in [0.1, 0.15) is 41.4 Å². The highest BCUT2D eigenvalue weighted by Gasteiger charge is 2.59. The number of nitrogens with two attached hydrogens (primary N) is 1. The SMILES string of the molecule is CC(=O)O[C@H]1[C@@H](OC(C)=O)[C@](C)(c2ccc3c(N)ncnn23)O[C@@H]1COP(=O)(N[C@@H](C)C(=O)OC1CCCCC1)Oc1cccc2ccccc12. The summed E-state index contributed by atoms with van der Waals surface area (Å²) in [4.78, 5) is 42.1. The molecule has 0 bridgehead atoms. The molecular weight excluding hydrogens is 681 g/mol. The maximum atomic E-state index is 14.7. The third kappa shape index (κ3) is 7.86. The number of hydrogen-bond donors (Lipinski definition) is 2. The minimum atomic E-state index is -4.44. The van der Waals surface area contributed by atoms with Crippen molar-refractivity contribution in [3.63, 3.8) is 0 Å². The number of benzene rings is 2. The third-order valence-electron chi connectivity index (χ3n) is 9.11. The number of nitrogen functional groups attached to an aromatic ring is 1. The predicted molar refractivity (Wildman–Crippen MR) is 184 cm³/mol. The lowest BCUT2D eigenvalue weighted by Crippen LogP contribution is -2.45. The van der Waals surface area contributed by atoms with E-state index < -0.39 is 62.2 Å². The Morgan fingerprint density at radius 3 is 2.49 bits per heavy atom. The maximum Gasteiger partial charge on any atom is 0.459 e. The van der Waals surface area contributed by atoms with Crippen molar-refractivity contribution in [2.45, 2.75) is 95.9 Å². The van der Waals surface area contributed by atoms with Crippen LogP contribution in [0.4, 0.5) is 5.82 Å². The van der Waals surface area contributed by atoms with Crippen LogP contribution in [-0.4, -0.2) is 69.6 Å². The number of aromatic nitrogens is 3. The lowest BCUT2D eigenvalue weighted by Gasteiger charge is -2.30. The summed E-state index contributed by atoms with van der Waals surface area (Å²) in [7, 11) is -4.44. The van der Waals surface area contributed by atoms with Gasteiger partial charge < -0.3 is 29.2 Å². The van der Waals surface area contributed by atoms with Crippen molar-refractivity contribution in [1.29, 1.82) is 0 Å². The Bertz CT molecular complexity index is 1960. The van der Waals surface area contributed by atoms with Crippen LogP contribution in [0.25, 0.3) is 16.3 Å². The largest absolute Gasteiger partial charge is 0.461 e. The second kappa shape index (κ2) is 15.0. The average Bonchev–Trinajstić information content (AvgIpc) is 3.65. The quantitative estimate of drug-likeness (QED) is 0.113. The van der Waals surface area contributed by atoms with E-state index in [1.54, 1.807) is 37.3 Å². The van der Waals surface area contributed by atoms with Crippen molar-refractivity contribution in [3.05, 3.63) is 66.6 Å². The molecule has 6 rings (SSSR count). The van der Waals surface area contributed by atoms with Gasteiger partial charge in [-0.1, -0.05) is 42.8 Å². The number of carbonyl (C=O) groups is 3. The number of esters is 3. The molecule has 16 heteroatoms. The Hall–Kier alpha value is -4.56. The Morgan fingerprint density at radius 2 is 1.75 bits per heavy atom. The summed E-state index contributed by atoms with van der Waals surface area (Å²) in [5, 5.41) is 8.54. The van der Waals surface area contributed by atoms with E-state index in [1.165, 1.54) is 31.6 Å². The number of hydrogen-bond acceptors (Lipinski definition) is 13. The summed E-state index contributed by atoms with van der Waals surface area (Å²) >= 11 is 0. The van der Waals surface area contributed by atoms with E-state index in [0.717, 1.165) is 37.5 Å². The molecule has 6 atom stereocenters. The molecular formula is C35H42N5O10P. The van der Waals surface area contributed by atoms with Crippen molar-refractivity contribution in [3.8, 4) is 5.75 Å². The first-order valence-electron chi connectivity index (χ1n) is 16.9. The Balaban J connectivity index is 1.32. The summed E-state index contributed by atoms with van der Waals surface area (Å²) in [6, 6.07) is 14.9. The molecule has 1 saturated carbocycles. The summed E-state index contributed by atoms with van der Waals surface area (Å²) in [6.45, 7) is 5.08. The molecule has 2 aromatic carbocycles. The maximum absolute atomic E-state index is 14.7. The number of rotatable bonds is 12. The van der Waals surface area contributed by atoms with Crippen LogP contribution >= 0.6 is 7.75 Å². The van der Waals surface area contributed by atoms with Gasteiger partial charge in [-0.25, -0.2) is 14.1 Å². The van der Waals surface area contributed by atoms with Gasteiger partial charge in [-0.15, -0.1) is 0 Å². The molecule has 1 saturated heterocycles. The van der Waals surface area contributed by atoms with Crippen LogP contribution in [0.2, 0.25) is 0 Å². The number of anilines is 1. The van der Waals surface area contributed by atoms with Gasteiger partial charge in [0, 0.05) is 19.2 Å². The topological polar surface area (TPSA) is 192 Å². The molecule has 2 fully saturated rings. The van der Waals surface area contributed by atoms with E-state index in [2.05, 4.69) is 15.2 Å². The van der Waals surface area contributed by atoms with Crippen LogP contribution in [0.3, 0.4) is 0 Å². The Labute approximate surface area is 294 Å². The number of nitrogens with one attached hydrogen (secondary N) is 1. The highest BCUT2D eigenvalue weighted by molar-refractivity contribution is 7.52. The van der Waals surface area contributed by atoms with Gasteiger partial charge in [-0.2, -0.15) is 10.2 Å². The van der Waals surface area contributed by atoms with E-state index in [4.69, 9.17) is 33.7 Å². The second-order valence-electron chi connectivity index (χ2n) is 12.9. The molecule has 0 spiro atoms. The fourth-order valence-corrected chi connectivity index (χ4v) is 8.23. The van der Waals surface area contributed by atoms with Gasteiger partial charge in [-0.05, 0) is 63.1 Å². The minimum Gasteiger partial charge on any atom is -0.461 e. The fourth-order valence-electron chi connectivity index (χ4n) is 6.71. The molecule has 51 heavy (non-hydrogen) atoms. The monoisotopic (exact) mass is 723 g/mol. The summed E-state index contributed by atoms with van der Waals surface area (Å²) in [6.07, 6.45) is 1.95. The lowest BCUT2D eigenvalue weighted by molar-refractivity contribution is -0.168. The minimum absolute atomic E-state index is 0.201. The highest BCUT2D eigenvalue weighted by atomic mass is 31.2. The summed E-state index contributed by atoms with van der Waals surface area (Å²) in [5.74, 6) is -1.52. The van der Waals surface area contributed by atoms with Crippen molar-refractivity contribution < 1.29 is 46.9 Å². The molecule has 272 valence electrons. The van der Waals surface area contributed by atoms with Crippen LogP contribution in [0.1, 0.15) is 65.5 Å². The van der Waals surface area contributed by atoms with Gasteiger partial charge in [0.2, 0.25) is 0 Å². The van der Waals surface area contributed by atoms with Crippen LogP contribution in [0, 0.1) is 0 Å². The number of ether oxygens (including phenoxy) is 4. The van der Waals surface area contributed by atoms with Gasteiger partial charge in [0.15, 0.2) is 18.0 Å². The smallest absolute Gasteiger partial charge is 0.459 e. The molecule has 0 radical (unpaired) electrons. The molecule has 3 heterocycles. The van der Waals surface area contributed by atoms with Crippen LogP contribution < -0.4 is 15.3 Å². The van der Waals surface area contributed by atoms with E-state index in [9.17, 15) is 18.9 Å². The first-order chi connectivity index (χ1) is 24.4. The number of nitrogens with zero attached hydrogens (tertiary/aromatic N) is 3. The molecule has 15 nitrogen and oxygen atoms in total.